The molecule has 1 aliphatic rings. The highest BCUT2D eigenvalue weighted by Crippen LogP contribution is 2.44. The van der Waals surface area contributed by atoms with Gasteiger partial charge in [-0.25, -0.2) is 0 Å². The van der Waals surface area contributed by atoms with Crippen molar-refractivity contribution in [2.24, 2.45) is 5.41 Å². The fraction of sp³-hybridized carbons (Fsp3) is 0.500. The van der Waals surface area contributed by atoms with Gasteiger partial charge in [-0.2, -0.15) is 0 Å². The Labute approximate surface area is 94.5 Å². The first-order valence-electron chi connectivity index (χ1n) is 5.48. The molecule has 0 spiro atoms. The number of aliphatic hydroxyl groups is 1. The van der Waals surface area contributed by atoms with Crippen LogP contribution in [0.15, 0.2) is 18.2 Å². The van der Waals surface area contributed by atoms with E-state index in [0.29, 0.717) is 12.1 Å². The molecule has 1 aromatic rings. The van der Waals surface area contributed by atoms with E-state index < -0.39 is 0 Å². The Balaban J connectivity index is 1.88. The van der Waals surface area contributed by atoms with E-state index in [9.17, 15) is 10.2 Å². The number of rotatable bonds is 5. The van der Waals surface area contributed by atoms with E-state index in [0.717, 1.165) is 19.4 Å². The highest BCUT2D eigenvalue weighted by Gasteiger charge is 2.41. The van der Waals surface area contributed by atoms with E-state index in [4.69, 9.17) is 5.11 Å². The minimum absolute atomic E-state index is 0.0619. The zero-order valence-corrected chi connectivity index (χ0v) is 9.11. The molecule has 1 aromatic carbocycles. The second kappa shape index (κ2) is 4.31. The van der Waals surface area contributed by atoms with Crippen molar-refractivity contribution in [3.8, 4) is 11.5 Å². The minimum atomic E-state index is -0.0948. The molecule has 0 amide bonds. The lowest BCUT2D eigenvalue weighted by Gasteiger charge is -2.13. The number of hydrogen-bond acceptors (Lipinski definition) is 4. The fourth-order valence-electron chi connectivity index (χ4n) is 1.75. The predicted molar refractivity (Wildman–Crippen MR) is 60.2 cm³/mol. The van der Waals surface area contributed by atoms with Gasteiger partial charge in [0.25, 0.3) is 0 Å². The summed E-state index contributed by atoms with van der Waals surface area (Å²) in [4.78, 5) is 0. The van der Waals surface area contributed by atoms with Crippen LogP contribution in [0.5, 0.6) is 11.5 Å². The molecular weight excluding hydrogens is 206 g/mol. The Bertz CT molecular complexity index is 375. The minimum Gasteiger partial charge on any atom is -0.504 e. The van der Waals surface area contributed by atoms with Gasteiger partial charge >= 0.3 is 0 Å². The van der Waals surface area contributed by atoms with Crippen molar-refractivity contribution in [2.75, 3.05) is 13.2 Å². The molecule has 0 heterocycles. The molecule has 1 fully saturated rings. The lowest BCUT2D eigenvalue weighted by Crippen LogP contribution is -2.26. The van der Waals surface area contributed by atoms with Gasteiger partial charge in [0.05, 0.1) is 0 Å². The number of aromatic hydroxyl groups is 2. The smallest absolute Gasteiger partial charge is 0.161 e. The third-order valence-electron chi connectivity index (χ3n) is 3.21. The first-order chi connectivity index (χ1) is 7.67. The van der Waals surface area contributed by atoms with E-state index in [1.165, 1.54) is 6.07 Å². The largest absolute Gasteiger partial charge is 0.504 e. The Morgan fingerprint density at radius 3 is 2.62 bits per heavy atom. The van der Waals surface area contributed by atoms with Gasteiger partial charge in [0.2, 0.25) is 0 Å². The second-order valence-electron chi connectivity index (χ2n) is 4.55. The Morgan fingerprint density at radius 1 is 1.25 bits per heavy atom. The molecule has 2 rings (SSSR count). The average molecular weight is 223 g/mol. The Morgan fingerprint density at radius 2 is 2.00 bits per heavy atom. The van der Waals surface area contributed by atoms with Gasteiger partial charge in [0, 0.05) is 30.7 Å². The van der Waals surface area contributed by atoms with Crippen molar-refractivity contribution in [1.29, 1.82) is 0 Å². The van der Waals surface area contributed by atoms with E-state index in [1.54, 1.807) is 12.1 Å². The maximum atomic E-state index is 9.56. The maximum absolute atomic E-state index is 9.56. The van der Waals surface area contributed by atoms with E-state index in [2.05, 4.69) is 5.32 Å². The predicted octanol–water partition coefficient (Wildman–Crippen LogP) is 0.960. The first-order valence-corrected chi connectivity index (χ1v) is 5.48. The third-order valence-corrected chi connectivity index (χ3v) is 3.21. The quantitative estimate of drug-likeness (QED) is 0.561. The fourth-order valence-corrected chi connectivity index (χ4v) is 1.75. The summed E-state index contributed by atoms with van der Waals surface area (Å²) < 4.78 is 0. The van der Waals surface area contributed by atoms with Gasteiger partial charge in [-0.05, 0) is 18.9 Å². The van der Waals surface area contributed by atoms with Crippen LogP contribution in [0.2, 0.25) is 0 Å². The molecular formula is C12H17NO3. The van der Waals surface area contributed by atoms with Crippen molar-refractivity contribution in [1.82, 2.24) is 5.32 Å². The SMILES string of the molecule is OCC1(CNCc2cccc(O)c2O)CC1. The maximum Gasteiger partial charge on any atom is 0.161 e. The van der Waals surface area contributed by atoms with Crippen molar-refractivity contribution in [2.45, 2.75) is 19.4 Å². The highest BCUT2D eigenvalue weighted by atomic mass is 16.3. The molecule has 88 valence electrons. The number of hydrogen-bond donors (Lipinski definition) is 4. The highest BCUT2D eigenvalue weighted by molar-refractivity contribution is 5.44. The van der Waals surface area contributed by atoms with Gasteiger partial charge in [-0.3, -0.25) is 0 Å². The molecule has 0 atom stereocenters. The Kier molecular flexibility index (Phi) is 3.03. The number of phenols is 2. The summed E-state index contributed by atoms with van der Waals surface area (Å²) in [5.74, 6) is -0.161. The molecule has 0 unspecified atom stereocenters. The topological polar surface area (TPSA) is 72.7 Å². The molecule has 4 N–H and O–H groups in total. The first kappa shape index (κ1) is 11.2. The van der Waals surface area contributed by atoms with Crippen LogP contribution in [0.4, 0.5) is 0 Å². The standard InChI is InChI=1S/C12H17NO3/c14-8-12(4-5-12)7-13-6-9-2-1-3-10(15)11(9)16/h1-3,13-16H,4-8H2. The molecule has 0 aromatic heterocycles. The average Bonchev–Trinajstić information content (AvgIpc) is 3.05. The van der Waals surface area contributed by atoms with Crippen molar-refractivity contribution >= 4 is 0 Å². The van der Waals surface area contributed by atoms with Crippen LogP contribution in [-0.2, 0) is 6.54 Å². The van der Waals surface area contributed by atoms with Crippen LogP contribution in [0.25, 0.3) is 0 Å². The molecule has 0 radical (unpaired) electrons. The number of phenolic OH excluding ortho intramolecular Hbond substituents is 2. The summed E-state index contributed by atoms with van der Waals surface area (Å²) in [7, 11) is 0. The summed E-state index contributed by atoms with van der Waals surface area (Å²) in [5.41, 5.74) is 0.737. The summed E-state index contributed by atoms with van der Waals surface area (Å²) in [6.07, 6.45) is 2.12. The normalized spacial score (nSPS) is 17.3. The molecule has 4 heteroatoms. The number of nitrogens with one attached hydrogen (secondary N) is 1. The van der Waals surface area contributed by atoms with Crippen LogP contribution >= 0.6 is 0 Å². The summed E-state index contributed by atoms with van der Waals surface area (Å²) in [5, 5.41) is 31.2. The molecule has 1 aliphatic carbocycles. The van der Waals surface area contributed by atoms with Gasteiger partial charge in [-0.1, -0.05) is 12.1 Å². The number of para-hydroxylation sites is 1. The van der Waals surface area contributed by atoms with Crippen molar-refractivity contribution < 1.29 is 15.3 Å². The van der Waals surface area contributed by atoms with Crippen LogP contribution in [0.3, 0.4) is 0 Å². The second-order valence-corrected chi connectivity index (χ2v) is 4.55. The van der Waals surface area contributed by atoms with Crippen LogP contribution in [-0.4, -0.2) is 28.5 Å². The molecule has 0 saturated heterocycles. The van der Waals surface area contributed by atoms with Gasteiger partial charge in [-0.15, -0.1) is 0 Å². The summed E-state index contributed by atoms with van der Waals surface area (Å²) in [6.45, 7) is 1.46. The number of benzene rings is 1. The van der Waals surface area contributed by atoms with E-state index >= 15 is 0 Å². The van der Waals surface area contributed by atoms with E-state index in [1.807, 2.05) is 0 Å². The van der Waals surface area contributed by atoms with E-state index in [-0.39, 0.29) is 23.5 Å². The summed E-state index contributed by atoms with van der Waals surface area (Å²) >= 11 is 0. The molecule has 16 heavy (non-hydrogen) atoms. The monoisotopic (exact) mass is 223 g/mol. The van der Waals surface area contributed by atoms with Crippen LogP contribution in [0.1, 0.15) is 18.4 Å². The van der Waals surface area contributed by atoms with Gasteiger partial charge < -0.3 is 20.6 Å². The third kappa shape index (κ3) is 2.28. The lowest BCUT2D eigenvalue weighted by molar-refractivity contribution is 0.207. The Hall–Kier alpha value is -1.26. The van der Waals surface area contributed by atoms with Crippen molar-refractivity contribution in [3.05, 3.63) is 23.8 Å². The van der Waals surface area contributed by atoms with Gasteiger partial charge in [0.15, 0.2) is 11.5 Å². The molecule has 0 bridgehead atoms. The zero-order chi connectivity index (χ0) is 11.6. The zero-order valence-electron chi connectivity index (χ0n) is 9.11. The summed E-state index contributed by atoms with van der Waals surface area (Å²) in [6, 6.07) is 4.92. The van der Waals surface area contributed by atoms with Crippen LogP contribution in [0, 0.1) is 5.41 Å². The van der Waals surface area contributed by atoms with Gasteiger partial charge in [0.1, 0.15) is 0 Å². The van der Waals surface area contributed by atoms with Crippen molar-refractivity contribution in [3.63, 3.8) is 0 Å². The lowest BCUT2D eigenvalue weighted by atomic mass is 10.1. The number of aliphatic hydroxyl groups excluding tert-OH is 1. The van der Waals surface area contributed by atoms with Crippen LogP contribution < -0.4 is 5.32 Å². The molecule has 0 aliphatic heterocycles. The molecule has 4 nitrogen and oxygen atoms in total. The molecule has 1 saturated carbocycles.